The van der Waals surface area contributed by atoms with Gasteiger partial charge in [-0.15, -0.1) is 11.3 Å². The number of halogens is 2. The van der Waals surface area contributed by atoms with E-state index in [0.29, 0.717) is 10.6 Å². The summed E-state index contributed by atoms with van der Waals surface area (Å²) in [5.41, 5.74) is 0.550. The van der Waals surface area contributed by atoms with E-state index in [-0.39, 0.29) is 28.6 Å². The SMILES string of the molecule is CCC.CCN(C)CC(=O)c1sc(-c2cc(F)c(OC)cc2F)nc1C.CCNC. The maximum atomic E-state index is 14.1. The van der Waals surface area contributed by atoms with Crippen molar-refractivity contribution in [3.05, 3.63) is 34.3 Å². The van der Waals surface area contributed by atoms with Gasteiger partial charge in [-0.3, -0.25) is 9.69 Å². The number of aromatic nitrogens is 1. The van der Waals surface area contributed by atoms with E-state index in [9.17, 15) is 13.6 Å². The third-order valence-electron chi connectivity index (χ3n) is 3.83. The normalized spacial score (nSPS) is 10.1. The molecular formula is C22H35F2N3O2S. The molecule has 1 aromatic carbocycles. The number of hydrogen-bond donors (Lipinski definition) is 1. The van der Waals surface area contributed by atoms with Gasteiger partial charge in [0.15, 0.2) is 17.3 Å². The summed E-state index contributed by atoms with van der Waals surface area (Å²) >= 11 is 1.07. The average Bonchev–Trinajstić information content (AvgIpc) is 3.11. The predicted octanol–water partition coefficient (Wildman–Crippen LogP) is 5.18. The monoisotopic (exact) mass is 443 g/mol. The summed E-state index contributed by atoms with van der Waals surface area (Å²) in [7, 11) is 5.04. The third-order valence-corrected chi connectivity index (χ3v) is 5.06. The number of Topliss-reactive ketones (excluding diaryl/α,β-unsaturated/α-hetero) is 1. The van der Waals surface area contributed by atoms with E-state index in [1.165, 1.54) is 13.5 Å². The largest absolute Gasteiger partial charge is 0.494 e. The van der Waals surface area contributed by atoms with Crippen LogP contribution in [0.2, 0.25) is 0 Å². The lowest BCUT2D eigenvalue weighted by Crippen LogP contribution is -2.25. The van der Waals surface area contributed by atoms with Crippen molar-refractivity contribution in [2.24, 2.45) is 0 Å². The number of nitrogens with zero attached hydrogens (tertiary/aromatic N) is 2. The fraction of sp³-hybridized carbons (Fsp3) is 0.545. The molecule has 2 rings (SSSR count). The Morgan fingerprint density at radius 3 is 2.23 bits per heavy atom. The molecule has 2 aromatic rings. The van der Waals surface area contributed by atoms with E-state index in [1.807, 2.05) is 25.9 Å². The maximum Gasteiger partial charge on any atom is 0.188 e. The molecule has 0 saturated heterocycles. The Bertz CT molecular complexity index is 780. The van der Waals surface area contributed by atoms with E-state index < -0.39 is 11.6 Å². The minimum atomic E-state index is -0.671. The van der Waals surface area contributed by atoms with Crippen molar-refractivity contribution in [2.45, 2.75) is 41.0 Å². The van der Waals surface area contributed by atoms with Crippen molar-refractivity contribution in [1.82, 2.24) is 15.2 Å². The summed E-state index contributed by atoms with van der Waals surface area (Å²) < 4.78 is 32.7. The number of aryl methyl sites for hydroxylation is 1. The molecule has 8 heteroatoms. The Labute approximate surface area is 183 Å². The number of benzene rings is 1. The summed E-state index contributed by atoms with van der Waals surface area (Å²) in [6, 6.07) is 2.02. The van der Waals surface area contributed by atoms with Gasteiger partial charge in [0, 0.05) is 11.6 Å². The topological polar surface area (TPSA) is 54.5 Å². The molecule has 0 saturated carbocycles. The zero-order valence-electron chi connectivity index (χ0n) is 19.4. The van der Waals surface area contributed by atoms with Gasteiger partial charge < -0.3 is 10.1 Å². The van der Waals surface area contributed by atoms with Crippen LogP contribution in [0.25, 0.3) is 10.6 Å². The molecule has 0 aliphatic rings. The number of rotatable bonds is 7. The Kier molecular flexibility index (Phi) is 14.0. The molecule has 0 aliphatic heterocycles. The number of ketones is 1. The Balaban J connectivity index is 0.00000105. The number of likely N-dealkylation sites (N-methyl/N-ethyl adjacent to an activating group) is 1. The van der Waals surface area contributed by atoms with Crippen LogP contribution in [0.5, 0.6) is 5.75 Å². The van der Waals surface area contributed by atoms with Crippen LogP contribution in [0, 0.1) is 18.6 Å². The van der Waals surface area contributed by atoms with Gasteiger partial charge in [0.25, 0.3) is 0 Å². The summed E-state index contributed by atoms with van der Waals surface area (Å²) in [6.45, 7) is 12.0. The second kappa shape index (κ2) is 15.0. The molecular weight excluding hydrogens is 408 g/mol. The third kappa shape index (κ3) is 8.85. The van der Waals surface area contributed by atoms with Crippen LogP contribution in [0.4, 0.5) is 8.78 Å². The first-order valence-corrected chi connectivity index (χ1v) is 10.9. The lowest BCUT2D eigenvalue weighted by molar-refractivity contribution is 0.0952. The zero-order valence-corrected chi connectivity index (χ0v) is 20.2. The molecule has 0 atom stereocenters. The van der Waals surface area contributed by atoms with Crippen LogP contribution in [-0.2, 0) is 0 Å². The molecule has 0 aliphatic carbocycles. The molecule has 1 N–H and O–H groups in total. The minimum Gasteiger partial charge on any atom is -0.494 e. The van der Waals surface area contributed by atoms with Crippen LogP contribution in [0.1, 0.15) is 49.5 Å². The van der Waals surface area contributed by atoms with Gasteiger partial charge in [-0.2, -0.15) is 0 Å². The highest BCUT2D eigenvalue weighted by atomic mass is 32.1. The number of hydrogen-bond acceptors (Lipinski definition) is 6. The van der Waals surface area contributed by atoms with Crippen LogP contribution in [-0.4, -0.2) is 56.5 Å². The molecule has 0 fully saturated rings. The molecule has 0 spiro atoms. The van der Waals surface area contributed by atoms with Crippen molar-refractivity contribution in [2.75, 3.05) is 40.8 Å². The average molecular weight is 444 g/mol. The van der Waals surface area contributed by atoms with Crippen molar-refractivity contribution < 1.29 is 18.3 Å². The van der Waals surface area contributed by atoms with Crippen molar-refractivity contribution >= 4 is 17.1 Å². The van der Waals surface area contributed by atoms with Gasteiger partial charge in [-0.25, -0.2) is 13.8 Å². The first-order valence-electron chi connectivity index (χ1n) is 10.1. The second-order valence-electron chi connectivity index (χ2n) is 6.57. The molecule has 0 amide bonds. The molecule has 5 nitrogen and oxygen atoms in total. The van der Waals surface area contributed by atoms with Crippen LogP contribution >= 0.6 is 11.3 Å². The fourth-order valence-corrected chi connectivity index (χ4v) is 3.06. The summed E-state index contributed by atoms with van der Waals surface area (Å²) in [4.78, 5) is 18.8. The lowest BCUT2D eigenvalue weighted by Gasteiger charge is -2.11. The molecule has 1 heterocycles. The number of carbonyl (C=O) groups excluding carboxylic acids is 1. The number of ether oxygens (including phenoxy) is 1. The Hall–Kier alpha value is -1.90. The first kappa shape index (κ1) is 28.1. The highest BCUT2D eigenvalue weighted by Gasteiger charge is 2.20. The number of carbonyl (C=O) groups is 1. The Morgan fingerprint density at radius 2 is 1.77 bits per heavy atom. The van der Waals surface area contributed by atoms with Crippen molar-refractivity contribution in [3.8, 4) is 16.3 Å². The fourth-order valence-electron chi connectivity index (χ4n) is 2.05. The maximum absolute atomic E-state index is 14.1. The quantitative estimate of drug-likeness (QED) is 0.598. The van der Waals surface area contributed by atoms with Gasteiger partial charge in [-0.1, -0.05) is 34.1 Å². The van der Waals surface area contributed by atoms with Gasteiger partial charge >= 0.3 is 0 Å². The smallest absolute Gasteiger partial charge is 0.188 e. The number of methoxy groups -OCH3 is 1. The van der Waals surface area contributed by atoms with Gasteiger partial charge in [-0.05, 0) is 40.2 Å². The predicted molar refractivity (Wildman–Crippen MR) is 122 cm³/mol. The number of nitrogens with one attached hydrogen (secondary N) is 1. The highest BCUT2D eigenvalue weighted by Crippen LogP contribution is 2.33. The molecule has 0 bridgehead atoms. The molecule has 0 radical (unpaired) electrons. The van der Waals surface area contributed by atoms with Gasteiger partial charge in [0.1, 0.15) is 10.8 Å². The lowest BCUT2D eigenvalue weighted by atomic mass is 10.2. The summed E-state index contributed by atoms with van der Waals surface area (Å²) in [5, 5.41) is 3.21. The van der Waals surface area contributed by atoms with Crippen LogP contribution in [0.15, 0.2) is 12.1 Å². The molecule has 30 heavy (non-hydrogen) atoms. The van der Waals surface area contributed by atoms with Gasteiger partial charge in [0.2, 0.25) is 0 Å². The van der Waals surface area contributed by atoms with E-state index in [0.717, 1.165) is 36.6 Å². The van der Waals surface area contributed by atoms with E-state index in [1.54, 1.807) is 6.92 Å². The minimum absolute atomic E-state index is 0.0271. The molecule has 0 unspecified atom stereocenters. The highest BCUT2D eigenvalue weighted by molar-refractivity contribution is 7.17. The van der Waals surface area contributed by atoms with E-state index in [4.69, 9.17) is 4.74 Å². The number of thiazole rings is 1. The molecule has 170 valence electrons. The van der Waals surface area contributed by atoms with E-state index in [2.05, 4.69) is 31.1 Å². The first-order chi connectivity index (χ1) is 14.2. The molecule has 1 aromatic heterocycles. The van der Waals surface area contributed by atoms with Crippen molar-refractivity contribution in [3.63, 3.8) is 0 Å². The van der Waals surface area contributed by atoms with Crippen LogP contribution < -0.4 is 10.1 Å². The van der Waals surface area contributed by atoms with E-state index >= 15 is 0 Å². The summed E-state index contributed by atoms with van der Waals surface area (Å²) in [5.74, 6) is -1.55. The van der Waals surface area contributed by atoms with Crippen molar-refractivity contribution in [1.29, 1.82) is 0 Å². The Morgan fingerprint density at radius 1 is 1.20 bits per heavy atom. The standard InChI is InChI=1S/C16H18F2N2O2S.C3H9N.C3H8/c1-5-20(3)8-13(21)15-9(2)19-16(23-15)10-6-12(18)14(22-4)7-11(10)17;1-3-4-2;1-3-2/h6-7H,5,8H2,1-4H3;4H,3H2,1-2H3;3H2,1-2H3. The van der Waals surface area contributed by atoms with Gasteiger partial charge in [0.05, 0.1) is 24.2 Å². The second-order valence-corrected chi connectivity index (χ2v) is 7.57. The van der Waals surface area contributed by atoms with Crippen LogP contribution in [0.3, 0.4) is 0 Å². The summed E-state index contributed by atoms with van der Waals surface area (Å²) in [6.07, 6.45) is 1.25. The zero-order chi connectivity index (χ0) is 23.3.